The summed E-state index contributed by atoms with van der Waals surface area (Å²) in [5, 5.41) is 0.272. The Balaban J connectivity index is 2.26. The standard InChI is InChI=1S/C9H9ClO4S/c1-15(11,12)14-8-3-2-6(4-7(8)10)9-5-13-9/h2-4,9H,5H2,1H3. The molecule has 1 unspecified atom stereocenters. The lowest BCUT2D eigenvalue weighted by molar-refractivity contribution is 0.415. The molecular weight excluding hydrogens is 240 g/mol. The molecular formula is C9H9ClO4S. The summed E-state index contributed by atoms with van der Waals surface area (Å²) in [6.45, 7) is 0.683. The van der Waals surface area contributed by atoms with E-state index in [1.54, 1.807) is 12.1 Å². The summed E-state index contributed by atoms with van der Waals surface area (Å²) in [5.41, 5.74) is 0.931. The van der Waals surface area contributed by atoms with Gasteiger partial charge in [0.2, 0.25) is 0 Å². The van der Waals surface area contributed by atoms with Gasteiger partial charge in [-0.1, -0.05) is 17.7 Å². The summed E-state index contributed by atoms with van der Waals surface area (Å²) >= 11 is 5.86. The number of rotatable bonds is 3. The topological polar surface area (TPSA) is 55.9 Å². The van der Waals surface area contributed by atoms with Crippen LogP contribution in [0.5, 0.6) is 5.75 Å². The van der Waals surface area contributed by atoms with E-state index in [0.717, 1.165) is 11.8 Å². The van der Waals surface area contributed by atoms with Gasteiger partial charge in [-0.05, 0) is 17.7 Å². The molecule has 0 spiro atoms. The van der Waals surface area contributed by atoms with E-state index in [9.17, 15) is 8.42 Å². The molecule has 1 fully saturated rings. The van der Waals surface area contributed by atoms with Gasteiger partial charge in [-0.2, -0.15) is 8.42 Å². The van der Waals surface area contributed by atoms with Gasteiger partial charge in [0.15, 0.2) is 5.75 Å². The molecule has 1 atom stereocenters. The molecule has 82 valence electrons. The van der Waals surface area contributed by atoms with Gasteiger partial charge >= 0.3 is 10.1 Å². The fraction of sp³-hybridized carbons (Fsp3) is 0.333. The fourth-order valence-electron chi connectivity index (χ4n) is 1.19. The van der Waals surface area contributed by atoms with E-state index in [2.05, 4.69) is 4.18 Å². The van der Waals surface area contributed by atoms with Crippen molar-refractivity contribution in [3.8, 4) is 5.75 Å². The van der Waals surface area contributed by atoms with Crippen LogP contribution in [0.1, 0.15) is 11.7 Å². The lowest BCUT2D eigenvalue weighted by atomic mass is 10.1. The van der Waals surface area contributed by atoms with Gasteiger partial charge in [0, 0.05) is 0 Å². The van der Waals surface area contributed by atoms with Crippen molar-refractivity contribution in [1.29, 1.82) is 0 Å². The minimum Gasteiger partial charge on any atom is -0.381 e. The summed E-state index contributed by atoms with van der Waals surface area (Å²) in [7, 11) is -3.53. The predicted octanol–water partition coefficient (Wildman–Crippen LogP) is 1.75. The first-order valence-corrected chi connectivity index (χ1v) is 6.46. The summed E-state index contributed by atoms with van der Waals surface area (Å²) in [6, 6.07) is 4.92. The second kappa shape index (κ2) is 3.66. The van der Waals surface area contributed by atoms with E-state index in [1.165, 1.54) is 6.07 Å². The van der Waals surface area contributed by atoms with E-state index >= 15 is 0 Å². The van der Waals surface area contributed by atoms with Gasteiger partial charge < -0.3 is 8.92 Å². The minimum absolute atomic E-state index is 0.0924. The predicted molar refractivity (Wildman–Crippen MR) is 55.6 cm³/mol. The zero-order chi connectivity index (χ0) is 11.1. The SMILES string of the molecule is CS(=O)(=O)Oc1ccc(C2CO2)cc1Cl. The van der Waals surface area contributed by atoms with Gasteiger partial charge in [0.1, 0.15) is 6.10 Å². The highest BCUT2D eigenvalue weighted by Crippen LogP contribution is 2.35. The molecule has 0 radical (unpaired) electrons. The lowest BCUT2D eigenvalue weighted by Gasteiger charge is -2.05. The van der Waals surface area contributed by atoms with Gasteiger partial charge in [-0.3, -0.25) is 0 Å². The van der Waals surface area contributed by atoms with Crippen molar-refractivity contribution >= 4 is 21.7 Å². The van der Waals surface area contributed by atoms with E-state index in [0.29, 0.717) is 6.61 Å². The zero-order valence-electron chi connectivity index (χ0n) is 7.94. The number of hydrogen-bond acceptors (Lipinski definition) is 4. The molecule has 0 aromatic heterocycles. The maximum atomic E-state index is 10.9. The molecule has 1 heterocycles. The molecule has 1 aliphatic heterocycles. The highest BCUT2D eigenvalue weighted by Gasteiger charge is 2.25. The van der Waals surface area contributed by atoms with Gasteiger partial charge in [-0.15, -0.1) is 0 Å². The van der Waals surface area contributed by atoms with E-state index < -0.39 is 10.1 Å². The Morgan fingerprint density at radius 2 is 2.20 bits per heavy atom. The Kier molecular flexibility index (Phi) is 2.62. The van der Waals surface area contributed by atoms with E-state index in [-0.39, 0.29) is 16.9 Å². The van der Waals surface area contributed by atoms with Crippen molar-refractivity contribution < 1.29 is 17.3 Å². The Morgan fingerprint density at radius 1 is 1.53 bits per heavy atom. The Labute approximate surface area is 92.9 Å². The first kappa shape index (κ1) is 10.7. The minimum atomic E-state index is -3.53. The second-order valence-electron chi connectivity index (χ2n) is 3.30. The molecule has 0 N–H and O–H groups in total. The molecule has 1 aromatic rings. The zero-order valence-corrected chi connectivity index (χ0v) is 9.51. The van der Waals surface area contributed by atoms with Crippen LogP contribution < -0.4 is 4.18 Å². The largest absolute Gasteiger partial charge is 0.381 e. The number of epoxide rings is 1. The molecule has 15 heavy (non-hydrogen) atoms. The summed E-state index contributed by atoms with van der Waals surface area (Å²) in [5.74, 6) is 0.142. The van der Waals surface area contributed by atoms with Crippen LogP contribution in [0.25, 0.3) is 0 Å². The van der Waals surface area contributed by atoms with Gasteiger partial charge in [0.05, 0.1) is 17.9 Å². The molecule has 1 aromatic carbocycles. The number of ether oxygens (including phenoxy) is 1. The van der Waals surface area contributed by atoms with Crippen LogP contribution in [-0.2, 0) is 14.9 Å². The van der Waals surface area contributed by atoms with Crippen LogP contribution in [0.3, 0.4) is 0 Å². The molecule has 0 bridgehead atoms. The van der Waals surface area contributed by atoms with E-state index in [4.69, 9.17) is 16.3 Å². The average molecular weight is 249 g/mol. The van der Waals surface area contributed by atoms with Crippen LogP contribution in [0.4, 0.5) is 0 Å². The highest BCUT2D eigenvalue weighted by atomic mass is 35.5. The van der Waals surface area contributed by atoms with Crippen molar-refractivity contribution in [3.63, 3.8) is 0 Å². The maximum absolute atomic E-state index is 10.9. The second-order valence-corrected chi connectivity index (χ2v) is 5.28. The van der Waals surface area contributed by atoms with Crippen molar-refractivity contribution in [1.82, 2.24) is 0 Å². The Morgan fingerprint density at radius 3 is 2.67 bits per heavy atom. The van der Waals surface area contributed by atoms with Gasteiger partial charge in [0.25, 0.3) is 0 Å². The van der Waals surface area contributed by atoms with E-state index in [1.807, 2.05) is 0 Å². The Bertz CT molecular complexity index is 479. The fourth-order valence-corrected chi connectivity index (χ4v) is 1.93. The normalized spacial score (nSPS) is 20.0. The van der Waals surface area contributed by atoms with Crippen molar-refractivity contribution in [2.24, 2.45) is 0 Å². The van der Waals surface area contributed by atoms with Crippen molar-refractivity contribution in [2.75, 3.05) is 12.9 Å². The third-order valence-electron chi connectivity index (χ3n) is 1.90. The third kappa shape index (κ3) is 2.84. The first-order valence-electron chi connectivity index (χ1n) is 4.26. The Hall–Kier alpha value is -0.780. The smallest absolute Gasteiger partial charge is 0.306 e. The summed E-state index contributed by atoms with van der Waals surface area (Å²) in [6.07, 6.45) is 1.07. The third-order valence-corrected chi connectivity index (χ3v) is 2.68. The molecule has 1 saturated heterocycles. The van der Waals surface area contributed by atoms with Crippen LogP contribution >= 0.6 is 11.6 Å². The average Bonchev–Trinajstić information content (AvgIpc) is 2.89. The maximum Gasteiger partial charge on any atom is 0.306 e. The summed E-state index contributed by atoms with van der Waals surface area (Å²) < 4.78 is 31.5. The van der Waals surface area contributed by atoms with Gasteiger partial charge in [-0.25, -0.2) is 0 Å². The molecule has 1 aliphatic rings. The molecule has 0 saturated carbocycles. The summed E-state index contributed by atoms with van der Waals surface area (Å²) in [4.78, 5) is 0. The molecule has 4 nitrogen and oxygen atoms in total. The molecule has 2 rings (SSSR count). The first-order chi connectivity index (χ1) is 6.96. The number of halogens is 1. The molecule has 0 amide bonds. The van der Waals surface area contributed by atoms with Crippen molar-refractivity contribution in [3.05, 3.63) is 28.8 Å². The molecule has 0 aliphatic carbocycles. The van der Waals surface area contributed by atoms with Crippen LogP contribution in [-0.4, -0.2) is 21.3 Å². The number of benzene rings is 1. The van der Waals surface area contributed by atoms with Crippen molar-refractivity contribution in [2.45, 2.75) is 6.10 Å². The monoisotopic (exact) mass is 248 g/mol. The van der Waals surface area contributed by atoms with Crippen LogP contribution in [0.2, 0.25) is 5.02 Å². The van der Waals surface area contributed by atoms with Crippen LogP contribution in [0, 0.1) is 0 Å². The van der Waals surface area contributed by atoms with Crippen LogP contribution in [0.15, 0.2) is 18.2 Å². The molecule has 6 heteroatoms. The highest BCUT2D eigenvalue weighted by molar-refractivity contribution is 7.86. The lowest BCUT2D eigenvalue weighted by Crippen LogP contribution is -2.06. The number of hydrogen-bond donors (Lipinski definition) is 0. The quantitative estimate of drug-likeness (QED) is 0.604.